The fourth-order valence-corrected chi connectivity index (χ4v) is 3.73. The highest BCUT2D eigenvalue weighted by Gasteiger charge is 2.27. The first kappa shape index (κ1) is 11.2. The summed E-state index contributed by atoms with van der Waals surface area (Å²) in [7, 11) is -2.94. The second kappa shape index (κ2) is 3.31. The fraction of sp³-hybridized carbons (Fsp3) is 1.00. The summed E-state index contributed by atoms with van der Waals surface area (Å²) in [4.78, 5) is 0. The maximum Gasteiger partial charge on any atom is 0.233 e. The largest absolute Gasteiger partial charge is 0.233 e. The normalized spacial score (nSPS) is 16.5. The Kier molecular flexibility index (Phi) is 3.38. The summed E-state index contributed by atoms with van der Waals surface area (Å²) in [6, 6.07) is 0. The third-order valence-electron chi connectivity index (χ3n) is 0.764. The first-order valence-corrected chi connectivity index (χ1v) is 6.12. The maximum atomic E-state index is 12.4. The van der Waals surface area contributed by atoms with Gasteiger partial charge in [-0.15, -0.1) is 0 Å². The predicted molar refractivity (Wildman–Crippen MR) is 46.8 cm³/mol. The van der Waals surface area contributed by atoms with Crippen LogP contribution in [0.15, 0.2) is 0 Å². The summed E-state index contributed by atoms with van der Waals surface area (Å²) in [5.41, 5.74) is -1.79. The summed E-state index contributed by atoms with van der Waals surface area (Å²) in [6.07, 6.45) is 0. The first-order valence-electron chi connectivity index (χ1n) is 3.24. The van der Waals surface area contributed by atoms with Gasteiger partial charge in [-0.1, -0.05) is 0 Å². The zero-order valence-electron chi connectivity index (χ0n) is 7.09. The van der Waals surface area contributed by atoms with Gasteiger partial charge in [0.2, 0.25) is 14.4 Å². The third kappa shape index (κ3) is 4.63. The molecule has 0 heterocycles. The molecule has 0 radical (unpaired) electrons. The van der Waals surface area contributed by atoms with Crippen molar-refractivity contribution < 1.29 is 12.8 Å². The Balaban J connectivity index is 4.40. The molecule has 0 N–H and O–H groups in total. The van der Waals surface area contributed by atoms with E-state index >= 15 is 0 Å². The second-order valence-electron chi connectivity index (χ2n) is 3.23. The Bertz CT molecular complexity index is 213. The van der Waals surface area contributed by atoms with Crippen LogP contribution in [0.5, 0.6) is 0 Å². The quantitative estimate of drug-likeness (QED) is 0.641. The molecule has 68 valence electrons. The van der Waals surface area contributed by atoms with Crippen molar-refractivity contribution in [2.75, 3.05) is 0 Å². The van der Waals surface area contributed by atoms with Gasteiger partial charge in [0.15, 0.2) is 0 Å². The minimum atomic E-state index is -3.61. The van der Waals surface area contributed by atoms with Gasteiger partial charge >= 0.3 is 0 Å². The molecule has 0 aliphatic carbocycles. The van der Waals surface area contributed by atoms with E-state index in [4.69, 9.17) is 0 Å². The average Bonchev–Trinajstić information content (AvgIpc) is 1.56. The van der Waals surface area contributed by atoms with Crippen LogP contribution in [0.3, 0.4) is 0 Å². The highest BCUT2D eigenvalue weighted by Crippen LogP contribution is 2.32. The van der Waals surface area contributed by atoms with E-state index in [1.165, 1.54) is 0 Å². The van der Waals surface area contributed by atoms with Gasteiger partial charge in [-0.25, -0.2) is 12.8 Å². The van der Waals surface area contributed by atoms with Gasteiger partial charge in [-0.2, -0.15) is 0 Å². The molecule has 0 aliphatic rings. The molecule has 0 aromatic rings. The highest BCUT2D eigenvalue weighted by atomic mass is 33.1. The lowest BCUT2D eigenvalue weighted by molar-refractivity contribution is 0.451. The van der Waals surface area contributed by atoms with Crippen LogP contribution < -0.4 is 0 Å². The lowest BCUT2D eigenvalue weighted by atomic mass is 10.3. The van der Waals surface area contributed by atoms with E-state index < -0.39 is 19.1 Å². The van der Waals surface area contributed by atoms with Gasteiger partial charge in [0.25, 0.3) is 0 Å². The SMILES string of the molecule is CC(F)S(=O)(=O)SC(C)(C)C. The molecule has 1 unspecified atom stereocenters. The van der Waals surface area contributed by atoms with E-state index in [1.807, 2.05) is 0 Å². The molecule has 0 aromatic carbocycles. The van der Waals surface area contributed by atoms with Crippen molar-refractivity contribution >= 4 is 19.7 Å². The van der Waals surface area contributed by atoms with Gasteiger partial charge in [-0.05, 0) is 38.5 Å². The number of halogens is 1. The standard InChI is InChI=1S/C6H13FO2S2/c1-5(7)11(8,9)10-6(2,3)4/h5H,1-4H3. The molecule has 2 nitrogen and oxygen atoms in total. The van der Waals surface area contributed by atoms with E-state index in [1.54, 1.807) is 20.8 Å². The van der Waals surface area contributed by atoms with Crippen LogP contribution >= 0.6 is 10.8 Å². The van der Waals surface area contributed by atoms with Crippen LogP contribution in [0, 0.1) is 0 Å². The Hall–Kier alpha value is 0.230. The van der Waals surface area contributed by atoms with Crippen molar-refractivity contribution in [3.8, 4) is 0 Å². The number of alkyl halides is 1. The molecule has 0 spiro atoms. The fourth-order valence-electron chi connectivity index (χ4n) is 0.415. The van der Waals surface area contributed by atoms with E-state index in [9.17, 15) is 12.8 Å². The summed E-state index contributed by atoms with van der Waals surface area (Å²) in [6.45, 7) is 6.24. The molecular formula is C6H13FO2S2. The number of rotatable bonds is 2. The van der Waals surface area contributed by atoms with Crippen LogP contribution in [0.2, 0.25) is 0 Å². The molecular weight excluding hydrogens is 187 g/mol. The van der Waals surface area contributed by atoms with E-state index in [0.29, 0.717) is 10.8 Å². The van der Waals surface area contributed by atoms with Crippen molar-refractivity contribution in [1.82, 2.24) is 0 Å². The van der Waals surface area contributed by atoms with Gasteiger partial charge in [0.1, 0.15) is 0 Å². The van der Waals surface area contributed by atoms with Crippen LogP contribution in [0.1, 0.15) is 27.7 Å². The molecule has 0 saturated heterocycles. The van der Waals surface area contributed by atoms with E-state index in [-0.39, 0.29) is 0 Å². The minimum Gasteiger partial charge on any atom is -0.229 e. The van der Waals surface area contributed by atoms with E-state index in [2.05, 4.69) is 0 Å². The summed E-state index contributed by atoms with van der Waals surface area (Å²) < 4.78 is 33.8. The van der Waals surface area contributed by atoms with Crippen molar-refractivity contribution in [2.45, 2.75) is 37.9 Å². The van der Waals surface area contributed by atoms with Crippen molar-refractivity contribution in [1.29, 1.82) is 0 Å². The zero-order valence-corrected chi connectivity index (χ0v) is 8.72. The topological polar surface area (TPSA) is 34.1 Å². The maximum absolute atomic E-state index is 12.4. The molecule has 0 aliphatic heterocycles. The molecule has 0 amide bonds. The average molecular weight is 200 g/mol. The van der Waals surface area contributed by atoms with E-state index in [0.717, 1.165) is 6.92 Å². The Morgan fingerprint density at radius 1 is 1.36 bits per heavy atom. The van der Waals surface area contributed by atoms with Crippen LogP contribution in [0.25, 0.3) is 0 Å². The molecule has 0 saturated carbocycles. The van der Waals surface area contributed by atoms with Crippen LogP contribution in [-0.2, 0) is 8.87 Å². The zero-order chi connectivity index (χ0) is 9.28. The number of hydrogen-bond acceptors (Lipinski definition) is 3. The van der Waals surface area contributed by atoms with Crippen LogP contribution in [0.4, 0.5) is 4.39 Å². The highest BCUT2D eigenvalue weighted by molar-refractivity contribution is 8.72. The molecule has 5 heteroatoms. The number of hydrogen-bond donors (Lipinski definition) is 0. The van der Waals surface area contributed by atoms with Gasteiger partial charge in [-0.3, -0.25) is 0 Å². The Morgan fingerprint density at radius 2 is 1.73 bits per heavy atom. The molecule has 11 heavy (non-hydrogen) atoms. The van der Waals surface area contributed by atoms with Gasteiger partial charge in [0.05, 0.1) is 0 Å². The molecule has 1 atom stereocenters. The predicted octanol–water partition coefficient (Wildman–Crippen LogP) is 2.16. The molecule has 0 bridgehead atoms. The summed E-state index contributed by atoms with van der Waals surface area (Å²) in [5.74, 6) is 0. The smallest absolute Gasteiger partial charge is 0.229 e. The van der Waals surface area contributed by atoms with Crippen LogP contribution in [-0.4, -0.2) is 18.7 Å². The molecule has 0 rings (SSSR count). The Labute approximate surface area is 70.9 Å². The summed E-state index contributed by atoms with van der Waals surface area (Å²) >= 11 is 0. The first-order chi connectivity index (χ1) is 4.65. The van der Waals surface area contributed by atoms with Crippen molar-refractivity contribution in [3.63, 3.8) is 0 Å². The van der Waals surface area contributed by atoms with Gasteiger partial charge in [0, 0.05) is 4.75 Å². The lowest BCUT2D eigenvalue weighted by Crippen LogP contribution is -2.17. The Morgan fingerprint density at radius 3 is 1.82 bits per heavy atom. The molecule has 0 fully saturated rings. The minimum absolute atomic E-state index is 0.445. The molecule has 0 aromatic heterocycles. The van der Waals surface area contributed by atoms with Gasteiger partial charge < -0.3 is 0 Å². The van der Waals surface area contributed by atoms with Crippen molar-refractivity contribution in [3.05, 3.63) is 0 Å². The lowest BCUT2D eigenvalue weighted by Gasteiger charge is -2.17. The summed E-state index contributed by atoms with van der Waals surface area (Å²) in [5, 5.41) is 0. The monoisotopic (exact) mass is 200 g/mol. The second-order valence-corrected chi connectivity index (χ2v) is 8.15. The van der Waals surface area contributed by atoms with Crippen molar-refractivity contribution in [2.24, 2.45) is 0 Å². The third-order valence-corrected chi connectivity index (χ3v) is 5.28.